The molecule has 1 aliphatic heterocycles. The monoisotopic (exact) mass is 274 g/mol. The molecule has 1 atom stereocenters. The lowest BCUT2D eigenvalue weighted by Gasteiger charge is -2.26. The Balaban J connectivity index is 2.02. The summed E-state index contributed by atoms with van der Waals surface area (Å²) in [4.78, 5) is 14.6. The largest absolute Gasteiger partial charge is 0.342 e. The number of amides is 1. The molecule has 0 aliphatic carbocycles. The summed E-state index contributed by atoms with van der Waals surface area (Å²) in [5.74, 6) is 0.738. The van der Waals surface area contributed by atoms with Gasteiger partial charge in [-0.2, -0.15) is 0 Å². The summed E-state index contributed by atoms with van der Waals surface area (Å²) in [6.45, 7) is 6.40. The van der Waals surface area contributed by atoms with Crippen LogP contribution in [0.4, 0.5) is 0 Å². The molecule has 1 amide bonds. The van der Waals surface area contributed by atoms with E-state index in [1.54, 1.807) is 0 Å². The molecular weight excluding hydrogens is 248 g/mol. The summed E-state index contributed by atoms with van der Waals surface area (Å²) >= 11 is 0. The average Bonchev–Trinajstić information content (AvgIpc) is 2.66. The van der Waals surface area contributed by atoms with Crippen LogP contribution in [0.15, 0.2) is 24.3 Å². The van der Waals surface area contributed by atoms with Crippen LogP contribution in [0.25, 0.3) is 0 Å². The number of hydrogen-bond acceptors (Lipinski definition) is 2. The lowest BCUT2D eigenvalue weighted by molar-refractivity contribution is -0.135. The Bertz CT molecular complexity index is 429. The van der Waals surface area contributed by atoms with Crippen molar-refractivity contribution >= 4 is 5.91 Å². The third kappa shape index (κ3) is 3.60. The van der Waals surface area contributed by atoms with Gasteiger partial charge in [0.15, 0.2) is 0 Å². The lowest BCUT2D eigenvalue weighted by Crippen LogP contribution is -2.41. The molecule has 0 aromatic heterocycles. The Kier molecular flexibility index (Phi) is 5.18. The van der Waals surface area contributed by atoms with Gasteiger partial charge in [0.05, 0.1) is 5.92 Å². The molecule has 1 aromatic rings. The van der Waals surface area contributed by atoms with E-state index < -0.39 is 0 Å². The first-order chi connectivity index (χ1) is 9.61. The molecule has 0 spiro atoms. The molecule has 3 heteroatoms. The van der Waals surface area contributed by atoms with Crippen molar-refractivity contribution in [3.63, 3.8) is 0 Å². The van der Waals surface area contributed by atoms with Crippen LogP contribution in [-0.4, -0.2) is 30.4 Å². The highest BCUT2D eigenvalue weighted by atomic mass is 16.2. The summed E-state index contributed by atoms with van der Waals surface area (Å²) in [6, 6.07) is 8.52. The van der Waals surface area contributed by atoms with E-state index in [0.29, 0.717) is 12.5 Å². The van der Waals surface area contributed by atoms with Crippen LogP contribution in [0, 0.1) is 11.8 Å². The van der Waals surface area contributed by atoms with E-state index in [1.165, 1.54) is 11.1 Å². The van der Waals surface area contributed by atoms with Crippen LogP contribution in [0.2, 0.25) is 0 Å². The summed E-state index contributed by atoms with van der Waals surface area (Å²) in [6.07, 6.45) is 2.81. The minimum absolute atomic E-state index is 0.0174. The number of hydrogen-bond donors (Lipinski definition) is 1. The Morgan fingerprint density at radius 3 is 2.20 bits per heavy atom. The Morgan fingerprint density at radius 1 is 1.20 bits per heavy atom. The van der Waals surface area contributed by atoms with Crippen LogP contribution in [-0.2, 0) is 17.6 Å². The molecular formula is C17H26N2O. The van der Waals surface area contributed by atoms with Gasteiger partial charge < -0.3 is 10.6 Å². The van der Waals surface area contributed by atoms with E-state index in [0.717, 1.165) is 32.4 Å². The normalized spacial score (nSPS) is 16.7. The molecule has 0 saturated carbocycles. The smallest absolute Gasteiger partial charge is 0.226 e. The SMILES string of the molecule is CC(C)CC(CN)C(=O)N1CCc2ccccc2CC1. The number of nitrogens with two attached hydrogens (primary N) is 1. The predicted molar refractivity (Wildman–Crippen MR) is 82.4 cm³/mol. The van der Waals surface area contributed by atoms with Gasteiger partial charge in [-0.25, -0.2) is 0 Å². The zero-order valence-electron chi connectivity index (χ0n) is 12.6. The van der Waals surface area contributed by atoms with Crippen molar-refractivity contribution < 1.29 is 4.79 Å². The molecule has 110 valence electrons. The molecule has 0 radical (unpaired) electrons. The lowest BCUT2D eigenvalue weighted by atomic mass is 9.95. The summed E-state index contributed by atoms with van der Waals surface area (Å²) in [5.41, 5.74) is 8.57. The van der Waals surface area contributed by atoms with Crippen molar-refractivity contribution in [2.45, 2.75) is 33.1 Å². The maximum absolute atomic E-state index is 12.6. The fraction of sp³-hybridized carbons (Fsp3) is 0.588. The average molecular weight is 274 g/mol. The van der Waals surface area contributed by atoms with E-state index in [2.05, 4.69) is 38.1 Å². The summed E-state index contributed by atoms with van der Waals surface area (Å²) in [7, 11) is 0. The molecule has 0 bridgehead atoms. The number of carbonyl (C=O) groups is 1. The van der Waals surface area contributed by atoms with E-state index in [-0.39, 0.29) is 11.8 Å². The number of fused-ring (bicyclic) bond motifs is 1. The van der Waals surface area contributed by atoms with Crippen molar-refractivity contribution in [2.75, 3.05) is 19.6 Å². The van der Waals surface area contributed by atoms with Crippen molar-refractivity contribution in [3.8, 4) is 0 Å². The van der Waals surface area contributed by atoms with E-state index >= 15 is 0 Å². The van der Waals surface area contributed by atoms with Crippen LogP contribution in [0.5, 0.6) is 0 Å². The molecule has 1 heterocycles. The molecule has 0 fully saturated rings. The van der Waals surface area contributed by atoms with Crippen LogP contribution < -0.4 is 5.73 Å². The van der Waals surface area contributed by atoms with Crippen molar-refractivity contribution in [2.24, 2.45) is 17.6 Å². The predicted octanol–water partition coefficient (Wildman–Crippen LogP) is 2.23. The Hall–Kier alpha value is -1.35. The molecule has 20 heavy (non-hydrogen) atoms. The van der Waals surface area contributed by atoms with Crippen LogP contribution in [0.3, 0.4) is 0 Å². The first kappa shape index (κ1) is 15.0. The quantitative estimate of drug-likeness (QED) is 0.915. The zero-order valence-corrected chi connectivity index (χ0v) is 12.6. The molecule has 2 N–H and O–H groups in total. The topological polar surface area (TPSA) is 46.3 Å². The van der Waals surface area contributed by atoms with Crippen molar-refractivity contribution in [1.29, 1.82) is 0 Å². The Labute approximate surface area is 122 Å². The Morgan fingerprint density at radius 2 is 1.75 bits per heavy atom. The molecule has 1 aliphatic rings. The highest BCUT2D eigenvalue weighted by Crippen LogP contribution is 2.19. The minimum Gasteiger partial charge on any atom is -0.342 e. The second-order valence-corrected chi connectivity index (χ2v) is 6.16. The zero-order chi connectivity index (χ0) is 14.5. The number of nitrogens with zero attached hydrogens (tertiary/aromatic N) is 1. The van der Waals surface area contributed by atoms with Gasteiger partial charge in [-0.3, -0.25) is 4.79 Å². The second-order valence-electron chi connectivity index (χ2n) is 6.16. The molecule has 1 unspecified atom stereocenters. The highest BCUT2D eigenvalue weighted by molar-refractivity contribution is 5.79. The van der Waals surface area contributed by atoms with Gasteiger partial charge in [-0.15, -0.1) is 0 Å². The van der Waals surface area contributed by atoms with Crippen molar-refractivity contribution in [1.82, 2.24) is 4.90 Å². The molecule has 2 rings (SSSR count). The van der Waals surface area contributed by atoms with Gasteiger partial charge in [0.25, 0.3) is 0 Å². The third-order valence-corrected chi connectivity index (χ3v) is 4.12. The van der Waals surface area contributed by atoms with Gasteiger partial charge in [0.2, 0.25) is 5.91 Å². The number of benzene rings is 1. The van der Waals surface area contributed by atoms with E-state index in [4.69, 9.17) is 5.73 Å². The summed E-state index contributed by atoms with van der Waals surface area (Å²) in [5, 5.41) is 0. The van der Waals surface area contributed by atoms with Gasteiger partial charge in [0, 0.05) is 19.6 Å². The minimum atomic E-state index is -0.0174. The molecule has 3 nitrogen and oxygen atoms in total. The van der Waals surface area contributed by atoms with Gasteiger partial charge in [-0.1, -0.05) is 38.1 Å². The first-order valence-electron chi connectivity index (χ1n) is 7.67. The van der Waals surface area contributed by atoms with Gasteiger partial charge in [0.1, 0.15) is 0 Å². The van der Waals surface area contributed by atoms with E-state index in [1.807, 2.05) is 4.90 Å². The van der Waals surface area contributed by atoms with Crippen molar-refractivity contribution in [3.05, 3.63) is 35.4 Å². The summed E-state index contributed by atoms with van der Waals surface area (Å²) < 4.78 is 0. The van der Waals surface area contributed by atoms with E-state index in [9.17, 15) is 4.79 Å². The number of rotatable bonds is 4. The molecule has 1 aromatic carbocycles. The standard InChI is InChI=1S/C17H26N2O/c1-13(2)11-16(12-18)17(20)19-9-7-14-5-3-4-6-15(14)8-10-19/h3-6,13,16H,7-12,18H2,1-2H3. The molecule has 0 saturated heterocycles. The van der Waals surface area contributed by atoms with Gasteiger partial charge >= 0.3 is 0 Å². The number of carbonyl (C=O) groups excluding carboxylic acids is 1. The third-order valence-electron chi connectivity index (χ3n) is 4.12. The fourth-order valence-corrected chi connectivity index (χ4v) is 3.01. The fourth-order valence-electron chi connectivity index (χ4n) is 3.01. The maximum Gasteiger partial charge on any atom is 0.226 e. The van der Waals surface area contributed by atoms with Crippen LogP contribution >= 0.6 is 0 Å². The van der Waals surface area contributed by atoms with Gasteiger partial charge in [-0.05, 0) is 36.3 Å². The highest BCUT2D eigenvalue weighted by Gasteiger charge is 2.25. The maximum atomic E-state index is 12.6. The van der Waals surface area contributed by atoms with Crippen LogP contribution in [0.1, 0.15) is 31.4 Å². The first-order valence-corrected chi connectivity index (χ1v) is 7.67. The second kappa shape index (κ2) is 6.89.